The number of benzene rings is 1. The van der Waals surface area contributed by atoms with Crippen LogP contribution in [-0.2, 0) is 6.42 Å². The Kier molecular flexibility index (Phi) is 5.65. The van der Waals surface area contributed by atoms with E-state index in [4.69, 9.17) is 9.47 Å². The number of aromatic hydroxyl groups is 1. The third-order valence-corrected chi connectivity index (χ3v) is 6.97. The van der Waals surface area contributed by atoms with Crippen molar-refractivity contribution >= 4 is 16.3 Å². The van der Waals surface area contributed by atoms with Crippen LogP contribution in [0.3, 0.4) is 0 Å². The molecule has 8 heteroatoms. The van der Waals surface area contributed by atoms with Crippen LogP contribution in [0.5, 0.6) is 17.4 Å². The number of nitrogens with one attached hydrogen (secondary N) is 1. The highest BCUT2D eigenvalue weighted by molar-refractivity contribution is 7.17. The second-order valence-electron chi connectivity index (χ2n) is 7.75. The molecule has 3 heterocycles. The number of thiazole rings is 1. The number of likely N-dealkylation sites (tertiary alicyclic amines) is 1. The summed E-state index contributed by atoms with van der Waals surface area (Å²) in [5.74, 6) is 3.10. The normalized spacial score (nSPS) is 20.7. The number of hydrogen-bond donors (Lipinski definition) is 2. The minimum atomic E-state index is 0.000817. The fourth-order valence-electron chi connectivity index (χ4n) is 4.15. The Morgan fingerprint density at radius 3 is 2.59 bits per heavy atom. The van der Waals surface area contributed by atoms with E-state index in [1.54, 1.807) is 18.7 Å². The van der Waals surface area contributed by atoms with Crippen LogP contribution in [-0.4, -0.2) is 47.0 Å². The lowest BCUT2D eigenvalue weighted by molar-refractivity contribution is -0.931. The SMILES string of the molecule is CCc1nc2sc([C@H](c3ccc(OC)c(OC)c3)[NH+]3CCC(C)CC3)c(O)n2n1. The van der Waals surface area contributed by atoms with E-state index in [-0.39, 0.29) is 11.9 Å². The lowest BCUT2D eigenvalue weighted by Gasteiger charge is -2.33. The highest BCUT2D eigenvalue weighted by atomic mass is 32.1. The molecule has 2 aromatic heterocycles. The second kappa shape index (κ2) is 8.20. The van der Waals surface area contributed by atoms with Gasteiger partial charge in [-0.15, -0.1) is 5.10 Å². The summed E-state index contributed by atoms with van der Waals surface area (Å²) in [6, 6.07) is 6.04. The van der Waals surface area contributed by atoms with E-state index >= 15 is 0 Å². The summed E-state index contributed by atoms with van der Waals surface area (Å²) < 4.78 is 12.5. The Labute approximate surface area is 174 Å². The number of quaternary nitrogens is 1. The van der Waals surface area contributed by atoms with Crippen LogP contribution in [0.25, 0.3) is 4.96 Å². The first kappa shape index (κ1) is 20.0. The number of ether oxygens (including phenoxy) is 2. The zero-order valence-corrected chi connectivity index (χ0v) is 18.3. The molecule has 0 amide bonds. The number of nitrogens with zero attached hydrogens (tertiary/aromatic N) is 3. The molecule has 29 heavy (non-hydrogen) atoms. The summed E-state index contributed by atoms with van der Waals surface area (Å²) in [5, 5.41) is 15.5. The lowest BCUT2D eigenvalue weighted by Crippen LogP contribution is -3.13. The van der Waals surface area contributed by atoms with Gasteiger partial charge in [0.25, 0.3) is 0 Å². The van der Waals surface area contributed by atoms with Gasteiger partial charge >= 0.3 is 0 Å². The topological polar surface area (TPSA) is 73.3 Å². The van der Waals surface area contributed by atoms with Gasteiger partial charge in [0.2, 0.25) is 10.8 Å². The van der Waals surface area contributed by atoms with Crippen LogP contribution >= 0.6 is 11.3 Å². The number of hydrogen-bond acceptors (Lipinski definition) is 6. The maximum absolute atomic E-state index is 11.0. The first-order chi connectivity index (χ1) is 14.0. The van der Waals surface area contributed by atoms with Crippen molar-refractivity contribution in [3.8, 4) is 17.4 Å². The molecule has 1 aromatic carbocycles. The Hall–Kier alpha value is -2.32. The van der Waals surface area contributed by atoms with Gasteiger partial charge in [0.05, 0.1) is 27.3 Å². The monoisotopic (exact) mass is 417 g/mol. The average Bonchev–Trinajstić information content (AvgIpc) is 3.28. The fraction of sp³-hybridized carbons (Fsp3) is 0.524. The van der Waals surface area contributed by atoms with E-state index in [0.29, 0.717) is 11.5 Å². The standard InChI is InChI=1S/C21H28N4O3S/c1-5-17-22-21-25(23-17)20(26)19(29-21)18(24-10-8-13(2)9-11-24)14-6-7-15(27-3)16(12-14)28-4/h6-7,12-13,18,26H,5,8-11H2,1-4H3/p+1/t18-/m0/s1. The largest absolute Gasteiger partial charge is 0.493 e. The minimum Gasteiger partial charge on any atom is -0.493 e. The summed E-state index contributed by atoms with van der Waals surface area (Å²) in [7, 11) is 3.29. The van der Waals surface area contributed by atoms with Crippen molar-refractivity contribution < 1.29 is 19.5 Å². The summed E-state index contributed by atoms with van der Waals surface area (Å²) in [6.07, 6.45) is 3.11. The number of rotatable bonds is 6. The molecule has 156 valence electrons. The van der Waals surface area contributed by atoms with Crippen molar-refractivity contribution in [3.05, 3.63) is 34.5 Å². The molecule has 1 aliphatic rings. The average molecular weight is 418 g/mol. The fourth-order valence-corrected chi connectivity index (χ4v) is 5.31. The molecule has 3 aromatic rings. The minimum absolute atomic E-state index is 0.000817. The summed E-state index contributed by atoms with van der Waals surface area (Å²) >= 11 is 1.53. The molecular weight excluding hydrogens is 388 g/mol. The lowest BCUT2D eigenvalue weighted by atomic mass is 9.95. The molecule has 4 rings (SSSR count). The summed E-state index contributed by atoms with van der Waals surface area (Å²) in [6.45, 7) is 6.46. The van der Waals surface area contributed by atoms with Crippen LogP contribution in [0.1, 0.15) is 49.0 Å². The molecule has 0 radical (unpaired) electrons. The quantitative estimate of drug-likeness (QED) is 0.645. The van der Waals surface area contributed by atoms with E-state index < -0.39 is 0 Å². The van der Waals surface area contributed by atoms with Gasteiger partial charge in [0.15, 0.2) is 23.4 Å². The van der Waals surface area contributed by atoms with Gasteiger partial charge in [0, 0.05) is 12.0 Å². The van der Waals surface area contributed by atoms with Gasteiger partial charge in [-0.2, -0.15) is 4.52 Å². The Morgan fingerprint density at radius 1 is 1.24 bits per heavy atom. The van der Waals surface area contributed by atoms with Crippen LogP contribution in [0.4, 0.5) is 0 Å². The van der Waals surface area contributed by atoms with Gasteiger partial charge in [-0.3, -0.25) is 0 Å². The third-order valence-electron chi connectivity index (χ3n) is 5.89. The zero-order valence-electron chi connectivity index (χ0n) is 17.4. The van der Waals surface area contributed by atoms with Crippen molar-refractivity contribution in [2.45, 2.75) is 39.2 Å². The maximum atomic E-state index is 11.0. The van der Waals surface area contributed by atoms with Crippen molar-refractivity contribution in [1.29, 1.82) is 0 Å². The molecular formula is C21H29N4O3S+. The van der Waals surface area contributed by atoms with Crippen molar-refractivity contribution in [1.82, 2.24) is 14.6 Å². The first-order valence-electron chi connectivity index (χ1n) is 10.2. The Morgan fingerprint density at radius 2 is 1.97 bits per heavy atom. The Balaban J connectivity index is 1.81. The highest BCUT2D eigenvalue weighted by Gasteiger charge is 2.35. The predicted molar refractivity (Wildman–Crippen MR) is 112 cm³/mol. The molecule has 0 unspecified atom stereocenters. The van der Waals surface area contributed by atoms with E-state index in [0.717, 1.165) is 46.7 Å². The molecule has 1 aliphatic heterocycles. The number of fused-ring (bicyclic) bond motifs is 1. The summed E-state index contributed by atoms with van der Waals surface area (Å²) in [4.78, 5) is 7.66. The van der Waals surface area contributed by atoms with E-state index in [9.17, 15) is 5.11 Å². The van der Waals surface area contributed by atoms with Crippen LogP contribution in [0.15, 0.2) is 18.2 Å². The van der Waals surface area contributed by atoms with E-state index in [1.807, 2.05) is 19.1 Å². The summed E-state index contributed by atoms with van der Waals surface area (Å²) in [5.41, 5.74) is 1.10. The number of aromatic nitrogens is 3. The molecule has 0 spiro atoms. The van der Waals surface area contributed by atoms with Crippen molar-refractivity contribution in [2.75, 3.05) is 27.3 Å². The van der Waals surface area contributed by atoms with E-state index in [2.05, 4.69) is 23.1 Å². The van der Waals surface area contributed by atoms with Gasteiger partial charge in [-0.05, 0) is 37.0 Å². The molecule has 0 aliphatic carbocycles. The smallest absolute Gasteiger partial charge is 0.235 e. The van der Waals surface area contributed by atoms with Crippen LogP contribution in [0, 0.1) is 5.92 Å². The second-order valence-corrected chi connectivity index (χ2v) is 8.76. The maximum Gasteiger partial charge on any atom is 0.235 e. The molecule has 1 saturated heterocycles. The molecule has 0 saturated carbocycles. The van der Waals surface area contributed by atoms with Gasteiger partial charge in [-0.1, -0.05) is 25.2 Å². The predicted octanol–water partition coefficient (Wildman–Crippen LogP) is 2.48. The molecule has 0 bridgehead atoms. The highest BCUT2D eigenvalue weighted by Crippen LogP contribution is 2.38. The Bertz CT molecular complexity index is 991. The van der Waals surface area contributed by atoms with Crippen LogP contribution in [0.2, 0.25) is 0 Å². The van der Waals surface area contributed by atoms with Crippen molar-refractivity contribution in [2.24, 2.45) is 5.92 Å². The van der Waals surface area contributed by atoms with Gasteiger partial charge in [0.1, 0.15) is 4.88 Å². The number of piperidine rings is 1. The van der Waals surface area contributed by atoms with E-state index in [1.165, 1.54) is 29.1 Å². The first-order valence-corrected chi connectivity index (χ1v) is 11.0. The molecule has 7 nitrogen and oxygen atoms in total. The van der Waals surface area contributed by atoms with Gasteiger partial charge < -0.3 is 19.5 Å². The molecule has 1 atom stereocenters. The molecule has 2 N–H and O–H groups in total. The van der Waals surface area contributed by atoms with Gasteiger partial charge in [-0.25, -0.2) is 4.98 Å². The van der Waals surface area contributed by atoms with Crippen LogP contribution < -0.4 is 14.4 Å². The third kappa shape index (κ3) is 3.67. The molecule has 1 fully saturated rings. The number of aryl methyl sites for hydroxylation is 1. The number of methoxy groups -OCH3 is 2. The zero-order chi connectivity index (χ0) is 20.5. The van der Waals surface area contributed by atoms with Crippen molar-refractivity contribution in [3.63, 3.8) is 0 Å².